The topological polar surface area (TPSA) is 70.7 Å². The molecule has 5 heteroatoms. The molecular weight excluding hydrogens is 264 g/mol. The highest BCUT2D eigenvalue weighted by Gasteiger charge is 2.12. The van der Waals surface area contributed by atoms with E-state index in [0.717, 1.165) is 23.9 Å². The van der Waals surface area contributed by atoms with Gasteiger partial charge < -0.3 is 5.32 Å². The summed E-state index contributed by atoms with van der Waals surface area (Å²) in [5.74, 6) is 0.338. The van der Waals surface area contributed by atoms with Gasteiger partial charge in [0.2, 0.25) is 0 Å². The average molecular weight is 280 g/mol. The van der Waals surface area contributed by atoms with Crippen LogP contribution in [0.15, 0.2) is 42.6 Å². The van der Waals surface area contributed by atoms with Gasteiger partial charge in [-0.15, -0.1) is 0 Å². The van der Waals surface area contributed by atoms with Crippen molar-refractivity contribution in [1.29, 1.82) is 0 Å². The minimum Gasteiger partial charge on any atom is -0.305 e. The van der Waals surface area contributed by atoms with Gasteiger partial charge in [-0.05, 0) is 18.6 Å². The van der Waals surface area contributed by atoms with Gasteiger partial charge >= 0.3 is 0 Å². The fraction of sp³-hybridized carbons (Fsp3) is 0.188. The van der Waals surface area contributed by atoms with Gasteiger partial charge in [-0.2, -0.15) is 5.10 Å². The summed E-state index contributed by atoms with van der Waals surface area (Å²) in [6, 6.07) is 11.2. The second kappa shape index (κ2) is 5.75. The summed E-state index contributed by atoms with van der Waals surface area (Å²) in [5.41, 5.74) is 2.26. The van der Waals surface area contributed by atoms with Crippen LogP contribution in [-0.4, -0.2) is 21.1 Å². The number of aromatic amines is 1. The molecule has 0 saturated carbocycles. The summed E-state index contributed by atoms with van der Waals surface area (Å²) in [7, 11) is 0. The molecule has 0 radical (unpaired) electrons. The molecule has 2 aromatic heterocycles. The lowest BCUT2D eigenvalue weighted by molar-refractivity contribution is 0.102. The molecule has 21 heavy (non-hydrogen) atoms. The minimum atomic E-state index is -0.200. The monoisotopic (exact) mass is 280 g/mol. The molecule has 0 atom stereocenters. The lowest BCUT2D eigenvalue weighted by atomic mass is 10.1. The van der Waals surface area contributed by atoms with Gasteiger partial charge in [-0.25, -0.2) is 0 Å². The highest BCUT2D eigenvalue weighted by atomic mass is 16.1. The van der Waals surface area contributed by atoms with E-state index in [1.165, 1.54) is 0 Å². The van der Waals surface area contributed by atoms with Crippen LogP contribution in [0.2, 0.25) is 0 Å². The number of rotatable bonds is 4. The minimum absolute atomic E-state index is 0.200. The van der Waals surface area contributed by atoms with Gasteiger partial charge in [-0.3, -0.25) is 14.9 Å². The molecular formula is C16H16N4O. The molecule has 1 amide bonds. The first-order valence-electron chi connectivity index (χ1n) is 6.97. The molecule has 0 aliphatic heterocycles. The average Bonchev–Trinajstić information content (AvgIpc) is 2.94. The Hall–Kier alpha value is -2.69. The van der Waals surface area contributed by atoms with Gasteiger partial charge in [0, 0.05) is 23.3 Å². The second-order valence-electron chi connectivity index (χ2n) is 4.86. The highest BCUT2D eigenvalue weighted by Crippen LogP contribution is 2.17. The van der Waals surface area contributed by atoms with Crippen LogP contribution in [0, 0.1) is 0 Å². The molecule has 0 aliphatic rings. The second-order valence-corrected chi connectivity index (χ2v) is 4.86. The summed E-state index contributed by atoms with van der Waals surface area (Å²) in [6.07, 6.45) is 3.63. The van der Waals surface area contributed by atoms with Gasteiger partial charge in [0.15, 0.2) is 5.82 Å². The Kier molecular flexibility index (Phi) is 3.64. The first-order chi connectivity index (χ1) is 10.3. The SMILES string of the molecule is CCCc1cc(NC(=O)c2cccc3cccnc23)n[nH]1. The van der Waals surface area contributed by atoms with Crippen LogP contribution >= 0.6 is 0 Å². The van der Waals surface area contributed by atoms with Gasteiger partial charge in [-0.1, -0.05) is 31.5 Å². The number of pyridine rings is 1. The van der Waals surface area contributed by atoms with Crippen molar-refractivity contribution >= 4 is 22.6 Å². The standard InChI is InChI=1S/C16H16N4O/c1-2-5-12-10-14(20-19-12)18-16(21)13-8-3-6-11-7-4-9-17-15(11)13/h3-4,6-10H,2,5H2,1H3,(H2,18,19,20,21). The Morgan fingerprint density at radius 2 is 2.14 bits per heavy atom. The third-order valence-corrected chi connectivity index (χ3v) is 3.27. The zero-order valence-electron chi connectivity index (χ0n) is 11.8. The summed E-state index contributed by atoms with van der Waals surface area (Å²) in [5, 5.41) is 10.8. The van der Waals surface area contributed by atoms with Crippen LogP contribution in [0.3, 0.4) is 0 Å². The number of hydrogen-bond acceptors (Lipinski definition) is 3. The van der Waals surface area contributed by atoms with Gasteiger partial charge in [0.25, 0.3) is 5.91 Å². The summed E-state index contributed by atoms with van der Waals surface area (Å²) < 4.78 is 0. The van der Waals surface area contributed by atoms with Crippen molar-refractivity contribution < 1.29 is 4.79 Å². The number of anilines is 1. The fourth-order valence-electron chi connectivity index (χ4n) is 2.29. The van der Waals surface area contributed by atoms with Gasteiger partial charge in [0.1, 0.15) is 0 Å². The van der Waals surface area contributed by atoms with Crippen molar-refractivity contribution in [2.24, 2.45) is 0 Å². The number of aromatic nitrogens is 3. The number of aryl methyl sites for hydroxylation is 1. The first-order valence-corrected chi connectivity index (χ1v) is 6.97. The fourth-order valence-corrected chi connectivity index (χ4v) is 2.29. The van der Waals surface area contributed by atoms with E-state index >= 15 is 0 Å². The van der Waals surface area contributed by atoms with Gasteiger partial charge in [0.05, 0.1) is 11.1 Å². The van der Waals surface area contributed by atoms with Crippen LogP contribution in [0.1, 0.15) is 29.4 Å². The van der Waals surface area contributed by atoms with Crippen LogP contribution < -0.4 is 5.32 Å². The zero-order chi connectivity index (χ0) is 14.7. The lowest BCUT2D eigenvalue weighted by Crippen LogP contribution is -2.13. The molecule has 1 aromatic carbocycles. The van der Waals surface area contributed by atoms with Crippen LogP contribution in [0.25, 0.3) is 10.9 Å². The number of nitrogens with one attached hydrogen (secondary N) is 2. The summed E-state index contributed by atoms with van der Waals surface area (Å²) >= 11 is 0. The van der Waals surface area contributed by atoms with Crippen molar-refractivity contribution in [2.75, 3.05) is 5.32 Å². The molecule has 2 N–H and O–H groups in total. The van der Waals surface area contributed by atoms with E-state index in [4.69, 9.17) is 0 Å². The molecule has 0 fully saturated rings. The third-order valence-electron chi connectivity index (χ3n) is 3.27. The summed E-state index contributed by atoms with van der Waals surface area (Å²) in [4.78, 5) is 16.7. The van der Waals surface area contributed by atoms with Crippen molar-refractivity contribution in [3.05, 3.63) is 53.9 Å². The maximum atomic E-state index is 12.4. The number of benzene rings is 1. The first kappa shape index (κ1) is 13.3. The number of fused-ring (bicyclic) bond motifs is 1. The molecule has 3 rings (SSSR count). The van der Waals surface area contributed by atoms with Crippen LogP contribution in [-0.2, 0) is 6.42 Å². The van der Waals surface area contributed by atoms with E-state index in [1.807, 2.05) is 30.3 Å². The number of carbonyl (C=O) groups excluding carboxylic acids is 1. The van der Waals surface area contributed by atoms with E-state index in [2.05, 4.69) is 27.4 Å². The molecule has 2 heterocycles. The number of H-pyrrole nitrogens is 1. The molecule has 0 spiro atoms. The molecule has 0 saturated heterocycles. The molecule has 3 aromatic rings. The Morgan fingerprint density at radius 1 is 1.29 bits per heavy atom. The van der Waals surface area contributed by atoms with Crippen molar-refractivity contribution in [2.45, 2.75) is 19.8 Å². The number of carbonyl (C=O) groups is 1. The lowest BCUT2D eigenvalue weighted by Gasteiger charge is -2.05. The largest absolute Gasteiger partial charge is 0.305 e. The maximum absolute atomic E-state index is 12.4. The molecule has 0 aliphatic carbocycles. The number of amides is 1. The van der Waals surface area contributed by atoms with E-state index in [0.29, 0.717) is 16.9 Å². The number of para-hydroxylation sites is 1. The Balaban J connectivity index is 1.86. The van der Waals surface area contributed by atoms with E-state index in [9.17, 15) is 4.79 Å². The summed E-state index contributed by atoms with van der Waals surface area (Å²) in [6.45, 7) is 2.10. The maximum Gasteiger partial charge on any atom is 0.259 e. The van der Waals surface area contributed by atoms with Crippen LogP contribution in [0.5, 0.6) is 0 Å². The Bertz CT molecular complexity index is 773. The predicted molar refractivity (Wildman–Crippen MR) is 82.3 cm³/mol. The number of hydrogen-bond donors (Lipinski definition) is 2. The molecule has 106 valence electrons. The Morgan fingerprint density at radius 3 is 3.00 bits per heavy atom. The smallest absolute Gasteiger partial charge is 0.259 e. The molecule has 5 nitrogen and oxygen atoms in total. The highest BCUT2D eigenvalue weighted by molar-refractivity contribution is 6.11. The Labute approximate surface area is 122 Å². The predicted octanol–water partition coefficient (Wildman–Crippen LogP) is 3.16. The molecule has 0 bridgehead atoms. The number of nitrogens with zero attached hydrogens (tertiary/aromatic N) is 2. The van der Waals surface area contributed by atoms with Crippen molar-refractivity contribution in [3.63, 3.8) is 0 Å². The van der Waals surface area contributed by atoms with E-state index in [-0.39, 0.29) is 5.91 Å². The van der Waals surface area contributed by atoms with E-state index in [1.54, 1.807) is 12.3 Å². The van der Waals surface area contributed by atoms with E-state index < -0.39 is 0 Å². The normalized spacial score (nSPS) is 10.7. The molecule has 0 unspecified atom stereocenters. The van der Waals surface area contributed by atoms with Crippen molar-refractivity contribution in [1.82, 2.24) is 15.2 Å². The van der Waals surface area contributed by atoms with Crippen LogP contribution in [0.4, 0.5) is 5.82 Å². The third kappa shape index (κ3) is 2.76. The quantitative estimate of drug-likeness (QED) is 0.771. The zero-order valence-corrected chi connectivity index (χ0v) is 11.8. The van der Waals surface area contributed by atoms with Crippen molar-refractivity contribution in [3.8, 4) is 0 Å².